The van der Waals surface area contributed by atoms with Crippen LogP contribution in [0.3, 0.4) is 0 Å². The molecule has 3 aromatic carbocycles. The molecule has 0 bridgehead atoms. The van der Waals surface area contributed by atoms with Gasteiger partial charge in [-0.3, -0.25) is 9.20 Å². The van der Waals surface area contributed by atoms with Crippen molar-refractivity contribution < 1.29 is 28.2 Å². The predicted octanol–water partition coefficient (Wildman–Crippen LogP) is 5.54. The molecule has 5 aromatic rings. The summed E-state index contributed by atoms with van der Waals surface area (Å²) in [5.41, 5.74) is 3.18. The maximum atomic E-state index is 14.6. The van der Waals surface area contributed by atoms with Crippen molar-refractivity contribution in [3.63, 3.8) is 0 Å². The summed E-state index contributed by atoms with van der Waals surface area (Å²) in [7, 11) is 0. The number of rotatable bonds is 6. The first kappa shape index (κ1) is 24.0. The molecule has 192 valence electrons. The molecule has 1 fully saturated rings. The summed E-state index contributed by atoms with van der Waals surface area (Å²) in [6, 6.07) is 18.1. The van der Waals surface area contributed by atoms with Crippen molar-refractivity contribution in [3.05, 3.63) is 95.8 Å². The topological polar surface area (TPSA) is 86.0 Å². The van der Waals surface area contributed by atoms with Crippen LogP contribution in [-0.4, -0.2) is 38.9 Å². The highest BCUT2D eigenvalue weighted by molar-refractivity contribution is 5.97. The highest BCUT2D eigenvalue weighted by Crippen LogP contribution is 2.37. The van der Waals surface area contributed by atoms with Crippen molar-refractivity contribution >= 4 is 22.5 Å². The molecular weight excluding hydrogens is 492 g/mol. The summed E-state index contributed by atoms with van der Waals surface area (Å²) in [5.74, 6) is -1.62. The van der Waals surface area contributed by atoms with Crippen LogP contribution >= 0.6 is 0 Å². The molecule has 0 amide bonds. The van der Waals surface area contributed by atoms with Crippen LogP contribution in [0.15, 0.2) is 73.1 Å². The minimum atomic E-state index is -1.21. The van der Waals surface area contributed by atoms with Crippen LogP contribution in [-0.2, 0) is 21.6 Å². The Labute approximate surface area is 216 Å². The summed E-state index contributed by atoms with van der Waals surface area (Å²) >= 11 is 0. The second kappa shape index (κ2) is 9.50. The van der Waals surface area contributed by atoms with Crippen molar-refractivity contribution in [3.8, 4) is 16.9 Å². The number of aromatic nitrogens is 3. The van der Waals surface area contributed by atoms with E-state index in [1.54, 1.807) is 24.5 Å². The number of carbonyl (C=O) groups is 1. The molecule has 3 heterocycles. The number of ether oxygens (including phenoxy) is 2. The number of carboxylic acids is 1. The van der Waals surface area contributed by atoms with Crippen LogP contribution in [0.1, 0.15) is 24.0 Å². The van der Waals surface area contributed by atoms with Crippen LogP contribution in [0.4, 0.5) is 8.78 Å². The third kappa shape index (κ3) is 4.24. The van der Waals surface area contributed by atoms with Gasteiger partial charge in [0.05, 0.1) is 10.9 Å². The van der Waals surface area contributed by atoms with Crippen molar-refractivity contribution in [1.82, 2.24) is 14.6 Å². The number of aliphatic carboxylic acids is 1. The van der Waals surface area contributed by atoms with E-state index in [4.69, 9.17) is 9.47 Å². The zero-order chi connectivity index (χ0) is 26.3. The van der Waals surface area contributed by atoms with Crippen LogP contribution in [0.25, 0.3) is 27.7 Å². The van der Waals surface area contributed by atoms with Gasteiger partial charge in [0.2, 0.25) is 0 Å². The van der Waals surface area contributed by atoms with Crippen molar-refractivity contribution in [2.45, 2.75) is 24.9 Å². The maximum absolute atomic E-state index is 14.6. The van der Waals surface area contributed by atoms with Gasteiger partial charge in [-0.1, -0.05) is 24.3 Å². The molecule has 6 rings (SSSR count). The minimum Gasteiger partial charge on any atom is -0.489 e. The lowest BCUT2D eigenvalue weighted by Crippen LogP contribution is -2.41. The Bertz CT molecular complexity index is 1660. The Morgan fingerprint density at radius 1 is 1.00 bits per heavy atom. The van der Waals surface area contributed by atoms with Gasteiger partial charge in [-0.05, 0) is 71.5 Å². The summed E-state index contributed by atoms with van der Waals surface area (Å²) in [6.45, 7) is 0.730. The maximum Gasteiger partial charge on any atom is 0.314 e. The molecule has 38 heavy (non-hydrogen) atoms. The molecule has 1 aliphatic heterocycles. The predicted molar refractivity (Wildman–Crippen MR) is 136 cm³/mol. The monoisotopic (exact) mass is 515 g/mol. The average molecular weight is 516 g/mol. The Morgan fingerprint density at radius 2 is 1.79 bits per heavy atom. The van der Waals surface area contributed by atoms with E-state index in [-0.39, 0.29) is 31.0 Å². The third-order valence-electron chi connectivity index (χ3n) is 7.20. The number of carboxylic acid groups (broad SMARTS) is 1. The highest BCUT2D eigenvalue weighted by Gasteiger charge is 2.42. The first-order valence-corrected chi connectivity index (χ1v) is 12.2. The number of pyridine rings is 1. The van der Waals surface area contributed by atoms with Crippen LogP contribution in [0.5, 0.6) is 5.75 Å². The van der Waals surface area contributed by atoms with E-state index in [1.165, 1.54) is 24.3 Å². The number of halogens is 2. The molecule has 0 aliphatic carbocycles. The first-order chi connectivity index (χ1) is 18.4. The quantitative estimate of drug-likeness (QED) is 0.320. The number of nitrogens with zero attached hydrogens (tertiary/aromatic N) is 3. The Balaban J connectivity index is 1.34. The van der Waals surface area contributed by atoms with Crippen LogP contribution in [0.2, 0.25) is 0 Å². The van der Waals surface area contributed by atoms with Crippen molar-refractivity contribution in [2.24, 2.45) is 0 Å². The minimum absolute atomic E-state index is 0.131. The van der Waals surface area contributed by atoms with E-state index in [0.29, 0.717) is 24.4 Å². The van der Waals surface area contributed by atoms with Crippen molar-refractivity contribution in [1.29, 1.82) is 0 Å². The van der Waals surface area contributed by atoms with Gasteiger partial charge in [-0.2, -0.15) is 0 Å². The summed E-state index contributed by atoms with van der Waals surface area (Å²) < 4.78 is 41.2. The molecule has 0 atom stereocenters. The molecule has 0 saturated carbocycles. The van der Waals surface area contributed by atoms with Crippen molar-refractivity contribution in [2.75, 3.05) is 13.2 Å². The first-order valence-electron chi connectivity index (χ1n) is 12.2. The summed E-state index contributed by atoms with van der Waals surface area (Å²) in [5, 5.41) is 19.1. The summed E-state index contributed by atoms with van der Waals surface area (Å²) in [4.78, 5) is 12.2. The van der Waals surface area contributed by atoms with E-state index >= 15 is 0 Å². The molecular formula is C29H23F2N3O4. The largest absolute Gasteiger partial charge is 0.489 e. The lowest BCUT2D eigenvalue weighted by atomic mass is 9.74. The second-order valence-electron chi connectivity index (χ2n) is 9.44. The van der Waals surface area contributed by atoms with Crippen LogP contribution < -0.4 is 4.74 Å². The van der Waals surface area contributed by atoms with Gasteiger partial charge in [0.15, 0.2) is 5.65 Å². The van der Waals surface area contributed by atoms with Gasteiger partial charge in [-0.25, -0.2) is 8.78 Å². The van der Waals surface area contributed by atoms with E-state index in [9.17, 15) is 18.7 Å². The molecule has 0 radical (unpaired) electrons. The Hall–Kier alpha value is -4.37. The van der Waals surface area contributed by atoms with E-state index in [0.717, 1.165) is 27.6 Å². The number of hydrogen-bond donors (Lipinski definition) is 1. The van der Waals surface area contributed by atoms with E-state index < -0.39 is 17.2 Å². The summed E-state index contributed by atoms with van der Waals surface area (Å²) in [6.07, 6.45) is 2.15. The van der Waals surface area contributed by atoms with Gasteiger partial charge in [0.1, 0.15) is 30.3 Å². The number of benzene rings is 3. The third-order valence-corrected chi connectivity index (χ3v) is 7.20. The smallest absolute Gasteiger partial charge is 0.314 e. The average Bonchev–Trinajstić information content (AvgIpc) is 3.41. The number of fused-ring (bicyclic) bond motifs is 3. The van der Waals surface area contributed by atoms with Gasteiger partial charge in [0.25, 0.3) is 0 Å². The molecule has 2 aromatic heterocycles. The lowest BCUT2D eigenvalue weighted by molar-refractivity contribution is -0.147. The zero-order valence-electron chi connectivity index (χ0n) is 20.2. The standard InChI is InChI=1S/C29H23F2N3O4/c30-21-4-2-19(3-5-21)25-15-27-33-32-17-34(27)26-11-18(1-6-24(25)26)16-38-23-13-20(12-22(31)14-23)29(28(35)36)7-9-37-10-8-29/h1-6,11-15,17H,7-10,16H2,(H,35,36). The lowest BCUT2D eigenvalue weighted by Gasteiger charge is -2.33. The van der Waals surface area contributed by atoms with Gasteiger partial charge >= 0.3 is 5.97 Å². The molecule has 9 heteroatoms. The van der Waals surface area contributed by atoms with E-state index in [2.05, 4.69) is 10.2 Å². The highest BCUT2D eigenvalue weighted by atomic mass is 19.1. The molecule has 1 N–H and O–H groups in total. The Kier molecular flexibility index (Phi) is 6.00. The second-order valence-corrected chi connectivity index (χ2v) is 9.44. The molecule has 1 saturated heterocycles. The van der Waals surface area contributed by atoms with Gasteiger partial charge in [0, 0.05) is 24.7 Å². The van der Waals surface area contributed by atoms with Gasteiger partial charge in [-0.15, -0.1) is 10.2 Å². The van der Waals surface area contributed by atoms with Gasteiger partial charge < -0.3 is 14.6 Å². The molecule has 1 aliphatic rings. The fourth-order valence-corrected chi connectivity index (χ4v) is 5.13. The zero-order valence-corrected chi connectivity index (χ0v) is 20.2. The normalized spacial score (nSPS) is 15.1. The SMILES string of the molecule is O=C(O)C1(c2cc(F)cc(OCc3ccc4c(-c5ccc(F)cc5)cc5nncn5c4c3)c2)CCOCC1. The Morgan fingerprint density at radius 3 is 2.55 bits per heavy atom. The van der Waals surface area contributed by atoms with E-state index in [1.807, 2.05) is 28.7 Å². The molecule has 0 spiro atoms. The molecule has 0 unspecified atom stereocenters. The molecule has 7 nitrogen and oxygen atoms in total. The fourth-order valence-electron chi connectivity index (χ4n) is 5.13. The fraction of sp³-hybridized carbons (Fsp3) is 0.207. The number of hydrogen-bond acceptors (Lipinski definition) is 5. The van der Waals surface area contributed by atoms with Crippen LogP contribution in [0, 0.1) is 11.6 Å².